The molecule has 0 saturated heterocycles. The van der Waals surface area contributed by atoms with Crippen LogP contribution in [0.2, 0.25) is 0 Å². The average Bonchev–Trinajstić information content (AvgIpc) is 3.28. The van der Waals surface area contributed by atoms with Gasteiger partial charge in [0.2, 0.25) is 0 Å². The number of urea groups is 1. The molecule has 1 N–H and O–H groups in total. The van der Waals surface area contributed by atoms with E-state index in [9.17, 15) is 18.0 Å². The van der Waals surface area contributed by atoms with E-state index in [4.69, 9.17) is 4.74 Å². The van der Waals surface area contributed by atoms with Crippen LogP contribution >= 0.6 is 0 Å². The van der Waals surface area contributed by atoms with Crippen molar-refractivity contribution in [2.75, 3.05) is 20.8 Å². The van der Waals surface area contributed by atoms with Crippen molar-refractivity contribution >= 4 is 6.03 Å². The molecule has 0 aromatic heterocycles. The summed E-state index contributed by atoms with van der Waals surface area (Å²) in [6.45, 7) is 0.397. The second-order valence-electron chi connectivity index (χ2n) is 5.58. The molecule has 2 rings (SSSR count). The molecule has 1 aliphatic carbocycles. The van der Waals surface area contributed by atoms with Gasteiger partial charge in [0.15, 0.2) is 17.5 Å². The summed E-state index contributed by atoms with van der Waals surface area (Å²) >= 11 is 0. The number of rotatable bonds is 6. The Morgan fingerprint density at radius 3 is 2.45 bits per heavy atom. The lowest BCUT2D eigenvalue weighted by molar-refractivity contribution is 0.149. The van der Waals surface area contributed by atoms with Crippen molar-refractivity contribution in [1.29, 1.82) is 0 Å². The molecule has 0 aliphatic heterocycles. The van der Waals surface area contributed by atoms with Crippen molar-refractivity contribution in [1.82, 2.24) is 10.2 Å². The highest BCUT2D eigenvalue weighted by atomic mass is 19.2. The van der Waals surface area contributed by atoms with Gasteiger partial charge in [0.1, 0.15) is 0 Å². The lowest BCUT2D eigenvalue weighted by Crippen LogP contribution is -2.45. The first-order valence-corrected chi connectivity index (χ1v) is 7.06. The van der Waals surface area contributed by atoms with Crippen LogP contribution in [-0.4, -0.2) is 37.7 Å². The van der Waals surface area contributed by atoms with E-state index >= 15 is 0 Å². The van der Waals surface area contributed by atoms with Crippen LogP contribution < -0.4 is 5.32 Å². The van der Waals surface area contributed by atoms with Gasteiger partial charge < -0.3 is 15.0 Å². The zero-order valence-corrected chi connectivity index (χ0v) is 12.5. The number of amides is 2. The second kappa shape index (κ2) is 7.00. The Balaban J connectivity index is 1.96. The summed E-state index contributed by atoms with van der Waals surface area (Å²) in [4.78, 5) is 13.4. The minimum absolute atomic E-state index is 0.0235. The number of ether oxygens (including phenoxy) is 1. The molecule has 122 valence electrons. The first kappa shape index (κ1) is 16.6. The highest BCUT2D eigenvalue weighted by Crippen LogP contribution is 2.32. The van der Waals surface area contributed by atoms with E-state index in [0.717, 1.165) is 25.0 Å². The SMILES string of the molecule is COC[C@H](NC(=O)N(C)Cc1cc(F)c(F)c(F)c1)C1CC1. The summed E-state index contributed by atoms with van der Waals surface area (Å²) < 4.78 is 44.3. The van der Waals surface area contributed by atoms with Gasteiger partial charge in [0.25, 0.3) is 0 Å². The molecular weight excluding hydrogens is 297 g/mol. The molecule has 1 aliphatic rings. The van der Waals surface area contributed by atoms with Crippen LogP contribution in [0.1, 0.15) is 18.4 Å². The quantitative estimate of drug-likeness (QED) is 0.820. The molecule has 0 radical (unpaired) electrons. The number of methoxy groups -OCH3 is 1. The Morgan fingerprint density at radius 2 is 1.95 bits per heavy atom. The van der Waals surface area contributed by atoms with Crippen LogP contribution in [-0.2, 0) is 11.3 Å². The van der Waals surface area contributed by atoms with Crippen LogP contribution in [0.3, 0.4) is 0 Å². The van der Waals surface area contributed by atoms with Crippen molar-refractivity contribution in [3.63, 3.8) is 0 Å². The fourth-order valence-corrected chi connectivity index (χ4v) is 2.29. The summed E-state index contributed by atoms with van der Waals surface area (Å²) in [5, 5.41) is 2.84. The smallest absolute Gasteiger partial charge is 0.317 e. The molecule has 7 heteroatoms. The third-order valence-electron chi connectivity index (χ3n) is 3.66. The molecule has 1 fully saturated rings. The summed E-state index contributed by atoms with van der Waals surface area (Å²) in [6, 6.07) is 1.34. The molecule has 0 heterocycles. The van der Waals surface area contributed by atoms with Gasteiger partial charge in [-0.15, -0.1) is 0 Å². The van der Waals surface area contributed by atoms with Gasteiger partial charge in [-0.2, -0.15) is 0 Å². The van der Waals surface area contributed by atoms with Gasteiger partial charge in [0.05, 0.1) is 12.6 Å². The zero-order chi connectivity index (χ0) is 16.3. The fourth-order valence-electron chi connectivity index (χ4n) is 2.29. The average molecular weight is 316 g/mol. The van der Waals surface area contributed by atoms with Crippen LogP contribution in [0, 0.1) is 23.4 Å². The summed E-state index contributed by atoms with van der Waals surface area (Å²) in [5.41, 5.74) is 0.184. The Hall–Kier alpha value is -1.76. The molecular formula is C15H19F3N2O2. The van der Waals surface area contributed by atoms with Crippen LogP contribution in [0.15, 0.2) is 12.1 Å². The molecule has 0 unspecified atom stereocenters. The maximum atomic E-state index is 13.2. The molecule has 1 saturated carbocycles. The molecule has 0 spiro atoms. The topological polar surface area (TPSA) is 41.6 Å². The van der Waals surface area contributed by atoms with E-state index in [1.165, 1.54) is 11.9 Å². The molecule has 2 amide bonds. The van der Waals surface area contributed by atoms with Crippen LogP contribution in [0.25, 0.3) is 0 Å². The monoisotopic (exact) mass is 316 g/mol. The Morgan fingerprint density at radius 1 is 1.36 bits per heavy atom. The van der Waals surface area contributed by atoms with Gasteiger partial charge in [-0.05, 0) is 36.5 Å². The minimum Gasteiger partial charge on any atom is -0.383 e. The normalized spacial score (nSPS) is 15.5. The third-order valence-corrected chi connectivity index (χ3v) is 3.66. The van der Waals surface area contributed by atoms with E-state index in [1.807, 2.05) is 0 Å². The number of carbonyl (C=O) groups is 1. The van der Waals surface area contributed by atoms with Crippen molar-refractivity contribution in [2.45, 2.75) is 25.4 Å². The van der Waals surface area contributed by atoms with Gasteiger partial charge in [-0.25, -0.2) is 18.0 Å². The lowest BCUT2D eigenvalue weighted by atomic mass is 10.2. The molecule has 1 atom stereocenters. The van der Waals surface area contributed by atoms with E-state index in [2.05, 4.69) is 5.32 Å². The Labute approximate surface area is 127 Å². The predicted molar refractivity (Wildman–Crippen MR) is 74.7 cm³/mol. The Kier molecular flexibility index (Phi) is 5.28. The van der Waals surface area contributed by atoms with Crippen molar-refractivity contribution in [2.24, 2.45) is 5.92 Å². The lowest BCUT2D eigenvalue weighted by Gasteiger charge is -2.23. The highest BCUT2D eigenvalue weighted by molar-refractivity contribution is 5.74. The van der Waals surface area contributed by atoms with E-state index in [-0.39, 0.29) is 24.2 Å². The number of hydrogen-bond acceptors (Lipinski definition) is 2. The summed E-state index contributed by atoms with van der Waals surface area (Å²) in [7, 11) is 3.07. The molecule has 22 heavy (non-hydrogen) atoms. The van der Waals surface area contributed by atoms with Crippen molar-refractivity contribution < 1.29 is 22.7 Å². The van der Waals surface area contributed by atoms with Crippen molar-refractivity contribution in [3.8, 4) is 0 Å². The fraction of sp³-hybridized carbons (Fsp3) is 0.533. The molecule has 1 aromatic rings. The van der Waals surface area contributed by atoms with Gasteiger partial charge in [-0.3, -0.25) is 0 Å². The number of nitrogens with zero attached hydrogens (tertiary/aromatic N) is 1. The first-order chi connectivity index (χ1) is 10.4. The number of nitrogens with one attached hydrogen (secondary N) is 1. The van der Waals surface area contributed by atoms with E-state index in [0.29, 0.717) is 12.5 Å². The largest absolute Gasteiger partial charge is 0.383 e. The number of halogens is 3. The standard InChI is InChI=1S/C15H19F3N2O2/c1-20(7-9-5-11(16)14(18)12(17)6-9)15(21)19-13(8-22-2)10-3-4-10/h5-6,10,13H,3-4,7-8H2,1-2H3,(H,19,21)/t13-/m0/s1. The maximum absolute atomic E-state index is 13.2. The maximum Gasteiger partial charge on any atom is 0.317 e. The second-order valence-corrected chi connectivity index (χ2v) is 5.58. The summed E-state index contributed by atoms with van der Waals surface area (Å²) in [6.07, 6.45) is 2.10. The Bertz CT molecular complexity index is 527. The molecule has 4 nitrogen and oxygen atoms in total. The first-order valence-electron chi connectivity index (χ1n) is 7.06. The van der Waals surface area contributed by atoms with E-state index in [1.54, 1.807) is 7.11 Å². The van der Waals surface area contributed by atoms with Gasteiger partial charge >= 0.3 is 6.03 Å². The number of hydrogen-bond donors (Lipinski definition) is 1. The minimum atomic E-state index is -1.51. The van der Waals surface area contributed by atoms with Crippen LogP contribution in [0.5, 0.6) is 0 Å². The van der Waals surface area contributed by atoms with E-state index < -0.39 is 17.5 Å². The van der Waals surface area contributed by atoms with Crippen molar-refractivity contribution in [3.05, 3.63) is 35.1 Å². The number of carbonyl (C=O) groups excluding carboxylic acids is 1. The highest BCUT2D eigenvalue weighted by Gasteiger charge is 2.32. The predicted octanol–water partition coefficient (Wildman–Crippen LogP) is 2.67. The van der Waals surface area contributed by atoms with Crippen LogP contribution in [0.4, 0.5) is 18.0 Å². The summed E-state index contributed by atoms with van der Waals surface area (Å²) in [5.74, 6) is -3.62. The zero-order valence-electron chi connectivity index (χ0n) is 12.5. The number of benzene rings is 1. The van der Waals surface area contributed by atoms with Gasteiger partial charge in [-0.1, -0.05) is 0 Å². The third kappa shape index (κ3) is 4.13. The molecule has 1 aromatic carbocycles. The van der Waals surface area contributed by atoms with Gasteiger partial charge in [0, 0.05) is 20.7 Å². The molecule has 0 bridgehead atoms.